The molecule has 3 unspecified atom stereocenters. The van der Waals surface area contributed by atoms with Crippen molar-refractivity contribution in [2.24, 2.45) is 5.92 Å². The van der Waals surface area contributed by atoms with Crippen LogP contribution in [-0.2, 0) is 11.4 Å². The number of benzene rings is 1. The first-order valence-corrected chi connectivity index (χ1v) is 9.47. The number of rotatable bonds is 5. The van der Waals surface area contributed by atoms with Crippen molar-refractivity contribution in [2.75, 3.05) is 5.32 Å². The number of hydrogen-bond acceptors (Lipinski definition) is 4. The van der Waals surface area contributed by atoms with Gasteiger partial charge in [-0.1, -0.05) is 25.0 Å². The van der Waals surface area contributed by atoms with E-state index in [-0.39, 0.29) is 11.9 Å². The van der Waals surface area contributed by atoms with Gasteiger partial charge >= 0.3 is 0 Å². The third kappa shape index (κ3) is 4.05. The van der Waals surface area contributed by atoms with Crippen molar-refractivity contribution in [1.29, 1.82) is 0 Å². The zero-order valence-corrected chi connectivity index (χ0v) is 14.9. The molecule has 0 spiro atoms. The Labute approximate surface area is 154 Å². The minimum absolute atomic E-state index is 0.0567. The smallest absolute Gasteiger partial charge is 0.241 e. The van der Waals surface area contributed by atoms with Crippen molar-refractivity contribution >= 4 is 11.6 Å². The van der Waals surface area contributed by atoms with E-state index in [0.717, 1.165) is 23.6 Å². The Bertz CT molecular complexity index is 736. The molecule has 2 heterocycles. The Morgan fingerprint density at radius 2 is 2.12 bits per heavy atom. The standard InChI is InChI=1S/C21H25N3O2/c25-21(20-12-15-6-1-2-10-19(15)24-20)23-16-8-5-9-18(13-16)26-14-17-7-3-4-11-22-17/h3-5,7-9,11,13,15,19-20,24H,1-2,6,10,12,14H2,(H,23,25). The number of aromatic nitrogens is 1. The molecule has 3 atom stereocenters. The van der Waals surface area contributed by atoms with Crippen LogP contribution in [0.4, 0.5) is 5.69 Å². The van der Waals surface area contributed by atoms with E-state index in [9.17, 15) is 4.79 Å². The lowest BCUT2D eigenvalue weighted by atomic mass is 9.85. The number of amides is 1. The number of nitrogens with zero attached hydrogens (tertiary/aromatic N) is 1. The molecule has 1 aliphatic heterocycles. The summed E-state index contributed by atoms with van der Waals surface area (Å²) in [5, 5.41) is 6.56. The van der Waals surface area contributed by atoms with Gasteiger partial charge in [0.15, 0.2) is 0 Å². The molecular weight excluding hydrogens is 326 g/mol. The lowest BCUT2D eigenvalue weighted by molar-refractivity contribution is -0.117. The van der Waals surface area contributed by atoms with Crippen LogP contribution in [0.3, 0.4) is 0 Å². The van der Waals surface area contributed by atoms with E-state index >= 15 is 0 Å². The highest BCUT2D eigenvalue weighted by atomic mass is 16.5. The molecule has 136 valence electrons. The Kier molecular flexibility index (Phi) is 5.16. The van der Waals surface area contributed by atoms with Gasteiger partial charge in [-0.15, -0.1) is 0 Å². The molecular formula is C21H25N3O2. The number of nitrogens with one attached hydrogen (secondary N) is 2. The molecule has 26 heavy (non-hydrogen) atoms. The summed E-state index contributed by atoms with van der Waals surface area (Å²) >= 11 is 0. The highest BCUT2D eigenvalue weighted by Crippen LogP contribution is 2.33. The van der Waals surface area contributed by atoms with Gasteiger partial charge in [-0.05, 0) is 49.4 Å². The maximum Gasteiger partial charge on any atom is 0.241 e. The van der Waals surface area contributed by atoms with Crippen LogP contribution in [0.2, 0.25) is 0 Å². The molecule has 2 fully saturated rings. The van der Waals surface area contributed by atoms with Gasteiger partial charge in [0, 0.05) is 24.0 Å². The SMILES string of the molecule is O=C(Nc1cccc(OCc2ccccn2)c1)C1CC2CCCCC2N1. The molecule has 2 N–H and O–H groups in total. The Balaban J connectivity index is 1.34. The van der Waals surface area contributed by atoms with Crippen molar-refractivity contribution in [3.8, 4) is 5.75 Å². The molecule has 5 nitrogen and oxygen atoms in total. The van der Waals surface area contributed by atoms with Gasteiger partial charge in [0.05, 0.1) is 11.7 Å². The van der Waals surface area contributed by atoms with E-state index in [4.69, 9.17) is 4.74 Å². The second kappa shape index (κ2) is 7.87. The van der Waals surface area contributed by atoms with Crippen LogP contribution in [0.1, 0.15) is 37.8 Å². The van der Waals surface area contributed by atoms with E-state index < -0.39 is 0 Å². The first-order chi connectivity index (χ1) is 12.8. The summed E-state index contributed by atoms with van der Waals surface area (Å²) in [5.74, 6) is 1.44. The third-order valence-corrected chi connectivity index (χ3v) is 5.39. The predicted octanol–water partition coefficient (Wildman–Crippen LogP) is 3.52. The topological polar surface area (TPSA) is 63.2 Å². The average Bonchev–Trinajstić information content (AvgIpc) is 3.12. The van der Waals surface area contributed by atoms with Crippen molar-refractivity contribution < 1.29 is 9.53 Å². The zero-order valence-electron chi connectivity index (χ0n) is 14.9. The number of carbonyl (C=O) groups excluding carboxylic acids is 1. The molecule has 2 aliphatic rings. The van der Waals surface area contributed by atoms with Gasteiger partial charge in [-0.2, -0.15) is 0 Å². The maximum absolute atomic E-state index is 12.6. The molecule has 1 aromatic heterocycles. The van der Waals surface area contributed by atoms with Gasteiger partial charge < -0.3 is 15.4 Å². The zero-order chi connectivity index (χ0) is 17.8. The van der Waals surface area contributed by atoms with E-state index in [1.165, 1.54) is 25.7 Å². The second-order valence-corrected chi connectivity index (χ2v) is 7.23. The summed E-state index contributed by atoms with van der Waals surface area (Å²) in [6.45, 7) is 0.409. The normalized spacial score (nSPS) is 24.7. The molecule has 5 heteroatoms. The first-order valence-electron chi connectivity index (χ1n) is 9.47. The van der Waals surface area contributed by atoms with Crippen LogP contribution in [0.25, 0.3) is 0 Å². The summed E-state index contributed by atoms with van der Waals surface area (Å²) in [7, 11) is 0. The van der Waals surface area contributed by atoms with Gasteiger partial charge in [0.2, 0.25) is 5.91 Å². The van der Waals surface area contributed by atoms with Crippen LogP contribution in [0.5, 0.6) is 5.75 Å². The predicted molar refractivity (Wildman–Crippen MR) is 101 cm³/mol. The summed E-state index contributed by atoms with van der Waals surface area (Å²) in [5.41, 5.74) is 1.64. The average molecular weight is 351 g/mol. The Morgan fingerprint density at radius 3 is 2.96 bits per heavy atom. The van der Waals surface area contributed by atoms with Crippen molar-refractivity contribution in [1.82, 2.24) is 10.3 Å². The number of pyridine rings is 1. The van der Waals surface area contributed by atoms with Gasteiger partial charge in [0.1, 0.15) is 12.4 Å². The summed E-state index contributed by atoms with van der Waals surface area (Å²) in [4.78, 5) is 16.9. The molecule has 0 bridgehead atoms. The molecule has 1 saturated carbocycles. The van der Waals surface area contributed by atoms with E-state index in [2.05, 4.69) is 15.6 Å². The fourth-order valence-electron chi connectivity index (χ4n) is 4.05. The number of anilines is 1. The number of carbonyl (C=O) groups is 1. The highest BCUT2D eigenvalue weighted by Gasteiger charge is 2.38. The minimum atomic E-state index is -0.0822. The molecule has 4 rings (SSSR count). The third-order valence-electron chi connectivity index (χ3n) is 5.39. The van der Waals surface area contributed by atoms with Crippen LogP contribution < -0.4 is 15.4 Å². The van der Waals surface area contributed by atoms with Crippen LogP contribution in [0, 0.1) is 5.92 Å². The van der Waals surface area contributed by atoms with Crippen LogP contribution >= 0.6 is 0 Å². The minimum Gasteiger partial charge on any atom is -0.487 e. The Morgan fingerprint density at radius 1 is 1.19 bits per heavy atom. The van der Waals surface area contributed by atoms with Crippen LogP contribution in [0.15, 0.2) is 48.7 Å². The maximum atomic E-state index is 12.6. The van der Waals surface area contributed by atoms with Crippen molar-refractivity contribution in [3.05, 3.63) is 54.4 Å². The first kappa shape index (κ1) is 17.0. The summed E-state index contributed by atoms with van der Waals surface area (Å²) < 4.78 is 5.79. The number of ether oxygens (including phenoxy) is 1. The monoisotopic (exact) mass is 351 g/mol. The van der Waals surface area contributed by atoms with E-state index in [1.807, 2.05) is 42.5 Å². The fraction of sp³-hybridized carbons (Fsp3) is 0.429. The lowest BCUT2D eigenvalue weighted by Gasteiger charge is -2.24. The largest absolute Gasteiger partial charge is 0.487 e. The molecule has 1 aromatic carbocycles. The highest BCUT2D eigenvalue weighted by molar-refractivity contribution is 5.95. The quantitative estimate of drug-likeness (QED) is 0.865. The molecule has 1 aliphatic carbocycles. The molecule has 0 radical (unpaired) electrons. The Hall–Kier alpha value is -2.40. The van der Waals surface area contributed by atoms with Gasteiger partial charge in [-0.3, -0.25) is 9.78 Å². The number of fused-ring (bicyclic) bond motifs is 1. The molecule has 2 aromatic rings. The van der Waals surface area contributed by atoms with E-state index in [1.54, 1.807) is 6.20 Å². The molecule has 1 saturated heterocycles. The van der Waals surface area contributed by atoms with Crippen LogP contribution in [-0.4, -0.2) is 23.0 Å². The number of hydrogen-bond donors (Lipinski definition) is 2. The lowest BCUT2D eigenvalue weighted by Crippen LogP contribution is -2.39. The van der Waals surface area contributed by atoms with Crippen molar-refractivity contribution in [2.45, 2.75) is 50.8 Å². The second-order valence-electron chi connectivity index (χ2n) is 7.23. The van der Waals surface area contributed by atoms with Gasteiger partial charge in [0.25, 0.3) is 0 Å². The van der Waals surface area contributed by atoms with E-state index in [0.29, 0.717) is 18.6 Å². The summed E-state index contributed by atoms with van der Waals surface area (Å²) in [6, 6.07) is 13.7. The summed E-state index contributed by atoms with van der Waals surface area (Å²) in [6.07, 6.45) is 7.72. The fourth-order valence-corrected chi connectivity index (χ4v) is 4.05. The van der Waals surface area contributed by atoms with Crippen molar-refractivity contribution in [3.63, 3.8) is 0 Å². The van der Waals surface area contributed by atoms with Gasteiger partial charge in [-0.25, -0.2) is 0 Å². The molecule has 1 amide bonds.